The number of carbonyl (C=O) groups is 2. The van der Waals surface area contributed by atoms with Crippen molar-refractivity contribution in [2.75, 3.05) is 32.1 Å². The van der Waals surface area contributed by atoms with Gasteiger partial charge in [-0.05, 0) is 26.0 Å². The molecular formula is C16H21N5O3. The summed E-state index contributed by atoms with van der Waals surface area (Å²) in [5.74, 6) is 0.300. The topological polar surface area (TPSA) is 101 Å². The summed E-state index contributed by atoms with van der Waals surface area (Å²) in [7, 11) is 3.23. The van der Waals surface area contributed by atoms with E-state index in [0.29, 0.717) is 18.9 Å². The van der Waals surface area contributed by atoms with Gasteiger partial charge < -0.3 is 14.9 Å². The third kappa shape index (κ3) is 3.25. The molecule has 8 nitrogen and oxygen atoms in total. The van der Waals surface area contributed by atoms with Crippen molar-refractivity contribution in [3.63, 3.8) is 0 Å². The van der Waals surface area contributed by atoms with Gasteiger partial charge in [-0.3, -0.25) is 9.69 Å². The van der Waals surface area contributed by atoms with E-state index in [1.165, 1.54) is 9.80 Å². The van der Waals surface area contributed by atoms with E-state index < -0.39 is 6.09 Å². The van der Waals surface area contributed by atoms with Gasteiger partial charge in [-0.15, -0.1) is 0 Å². The van der Waals surface area contributed by atoms with Gasteiger partial charge in [-0.2, -0.15) is 5.26 Å². The highest BCUT2D eigenvalue weighted by atomic mass is 16.4. The molecule has 2 amide bonds. The third-order valence-electron chi connectivity index (χ3n) is 4.09. The number of nitrogens with zero attached hydrogens (tertiary/aromatic N) is 5. The molecule has 2 atom stereocenters. The SMILES string of the molecule is C[C@@H]1CN(c2ccc(C(=O)N(C)C)c(C#N)n2)C[C@H](C)N1C(=O)O. The van der Waals surface area contributed by atoms with E-state index in [1.807, 2.05) is 24.8 Å². The number of aromatic nitrogens is 1. The van der Waals surface area contributed by atoms with Crippen molar-refractivity contribution in [1.82, 2.24) is 14.8 Å². The average molecular weight is 331 g/mol. The second-order valence-electron chi connectivity index (χ2n) is 6.17. The maximum absolute atomic E-state index is 12.1. The Bertz CT molecular complexity index is 685. The molecule has 0 radical (unpaired) electrons. The van der Waals surface area contributed by atoms with Gasteiger partial charge in [-0.25, -0.2) is 9.78 Å². The smallest absolute Gasteiger partial charge is 0.407 e. The van der Waals surface area contributed by atoms with Gasteiger partial charge in [0.2, 0.25) is 0 Å². The Hall–Kier alpha value is -2.82. The molecule has 0 saturated carbocycles. The fourth-order valence-corrected chi connectivity index (χ4v) is 3.01. The zero-order chi connectivity index (χ0) is 18.0. The van der Waals surface area contributed by atoms with Crippen molar-refractivity contribution in [2.45, 2.75) is 25.9 Å². The Labute approximate surface area is 140 Å². The molecular weight excluding hydrogens is 310 g/mol. The summed E-state index contributed by atoms with van der Waals surface area (Å²) in [5.41, 5.74) is 0.337. The summed E-state index contributed by atoms with van der Waals surface area (Å²) >= 11 is 0. The van der Waals surface area contributed by atoms with E-state index in [0.717, 1.165) is 0 Å². The van der Waals surface area contributed by atoms with E-state index in [9.17, 15) is 20.0 Å². The third-order valence-corrected chi connectivity index (χ3v) is 4.09. The van der Waals surface area contributed by atoms with Crippen LogP contribution in [0.3, 0.4) is 0 Å². The van der Waals surface area contributed by atoms with E-state index in [2.05, 4.69) is 4.98 Å². The maximum Gasteiger partial charge on any atom is 0.407 e. The summed E-state index contributed by atoms with van der Waals surface area (Å²) in [6.45, 7) is 4.64. The summed E-state index contributed by atoms with van der Waals surface area (Å²) in [5, 5.41) is 18.6. The lowest BCUT2D eigenvalue weighted by atomic mass is 10.1. The van der Waals surface area contributed by atoms with Gasteiger partial charge in [0, 0.05) is 27.2 Å². The Morgan fingerprint density at radius 1 is 1.29 bits per heavy atom. The van der Waals surface area contributed by atoms with Crippen LogP contribution in [-0.2, 0) is 0 Å². The number of rotatable bonds is 2. The van der Waals surface area contributed by atoms with Crippen molar-refractivity contribution in [1.29, 1.82) is 5.26 Å². The fourth-order valence-electron chi connectivity index (χ4n) is 3.01. The minimum atomic E-state index is -0.938. The number of amides is 2. The van der Waals surface area contributed by atoms with Crippen molar-refractivity contribution in [2.24, 2.45) is 0 Å². The predicted octanol–water partition coefficient (Wildman–Crippen LogP) is 1.23. The van der Waals surface area contributed by atoms with Crippen LogP contribution in [0.15, 0.2) is 12.1 Å². The first-order valence-electron chi connectivity index (χ1n) is 7.65. The van der Waals surface area contributed by atoms with Crippen molar-refractivity contribution < 1.29 is 14.7 Å². The van der Waals surface area contributed by atoms with Crippen molar-refractivity contribution in [3.8, 4) is 6.07 Å². The molecule has 1 aliphatic heterocycles. The van der Waals surface area contributed by atoms with Crippen LogP contribution in [0, 0.1) is 11.3 Å². The molecule has 0 unspecified atom stereocenters. The van der Waals surface area contributed by atoms with Gasteiger partial charge in [0.15, 0.2) is 5.69 Å². The normalized spacial score (nSPS) is 20.5. The van der Waals surface area contributed by atoms with Gasteiger partial charge in [0.25, 0.3) is 5.91 Å². The molecule has 0 spiro atoms. The van der Waals surface area contributed by atoms with E-state index in [-0.39, 0.29) is 29.2 Å². The Morgan fingerprint density at radius 3 is 2.33 bits per heavy atom. The number of anilines is 1. The molecule has 0 bridgehead atoms. The van der Waals surface area contributed by atoms with Gasteiger partial charge >= 0.3 is 6.09 Å². The summed E-state index contributed by atoms with van der Waals surface area (Å²) in [6.07, 6.45) is -0.938. The largest absolute Gasteiger partial charge is 0.465 e. The summed E-state index contributed by atoms with van der Waals surface area (Å²) in [6, 6.07) is 4.89. The number of carboxylic acid groups (broad SMARTS) is 1. The lowest BCUT2D eigenvalue weighted by Gasteiger charge is -2.43. The van der Waals surface area contributed by atoms with Crippen LogP contribution in [0.2, 0.25) is 0 Å². The zero-order valence-corrected chi connectivity index (χ0v) is 14.2. The van der Waals surface area contributed by atoms with Crippen molar-refractivity contribution in [3.05, 3.63) is 23.4 Å². The molecule has 1 saturated heterocycles. The molecule has 8 heteroatoms. The molecule has 0 aromatic carbocycles. The van der Waals surface area contributed by atoms with Crippen LogP contribution < -0.4 is 4.90 Å². The number of carbonyl (C=O) groups excluding carboxylic acids is 1. The first-order chi connectivity index (χ1) is 11.3. The summed E-state index contributed by atoms with van der Waals surface area (Å²) < 4.78 is 0. The standard InChI is InChI=1S/C16H21N5O3/c1-10-8-20(9-11(2)21(10)16(23)24)14-6-5-12(13(7-17)18-14)15(22)19(3)4/h5-6,10-11H,8-9H2,1-4H3,(H,23,24)/t10-,11+. The number of nitriles is 1. The van der Waals surface area contributed by atoms with Crippen LogP contribution >= 0.6 is 0 Å². The molecule has 1 aromatic rings. The molecule has 24 heavy (non-hydrogen) atoms. The van der Waals surface area contributed by atoms with Crippen LogP contribution in [-0.4, -0.2) is 71.2 Å². The van der Waals surface area contributed by atoms with Crippen molar-refractivity contribution >= 4 is 17.8 Å². The lowest BCUT2D eigenvalue weighted by Crippen LogP contribution is -2.58. The Morgan fingerprint density at radius 2 is 1.88 bits per heavy atom. The maximum atomic E-state index is 12.1. The quantitative estimate of drug-likeness (QED) is 0.875. The number of hydrogen-bond acceptors (Lipinski definition) is 5. The van der Waals surface area contributed by atoms with Gasteiger partial charge in [-0.1, -0.05) is 0 Å². The molecule has 1 fully saturated rings. The molecule has 1 aliphatic rings. The lowest BCUT2D eigenvalue weighted by molar-refractivity contribution is 0.0826. The van der Waals surface area contributed by atoms with E-state index in [4.69, 9.17) is 0 Å². The highest BCUT2D eigenvalue weighted by Crippen LogP contribution is 2.22. The van der Waals surface area contributed by atoms with Crippen LogP contribution in [0.4, 0.5) is 10.6 Å². The minimum absolute atomic E-state index is 0.0761. The molecule has 2 rings (SSSR count). The Kier molecular flexibility index (Phi) is 4.93. The molecule has 1 N–H and O–H groups in total. The highest BCUT2D eigenvalue weighted by Gasteiger charge is 2.33. The Balaban J connectivity index is 2.29. The van der Waals surface area contributed by atoms with Gasteiger partial charge in [0.05, 0.1) is 17.6 Å². The summed E-state index contributed by atoms with van der Waals surface area (Å²) in [4.78, 5) is 32.5. The van der Waals surface area contributed by atoms with E-state index >= 15 is 0 Å². The number of piperazine rings is 1. The van der Waals surface area contributed by atoms with Crippen LogP contribution in [0.1, 0.15) is 29.9 Å². The number of hydrogen-bond donors (Lipinski definition) is 1. The second kappa shape index (κ2) is 6.74. The molecule has 0 aliphatic carbocycles. The van der Waals surface area contributed by atoms with Crippen LogP contribution in [0.5, 0.6) is 0 Å². The first-order valence-corrected chi connectivity index (χ1v) is 7.65. The molecule has 128 valence electrons. The predicted molar refractivity (Wildman–Crippen MR) is 88.0 cm³/mol. The average Bonchev–Trinajstić information content (AvgIpc) is 2.52. The zero-order valence-electron chi connectivity index (χ0n) is 14.2. The number of pyridine rings is 1. The first kappa shape index (κ1) is 17.5. The minimum Gasteiger partial charge on any atom is -0.465 e. The van der Waals surface area contributed by atoms with Gasteiger partial charge in [0.1, 0.15) is 11.9 Å². The van der Waals surface area contributed by atoms with Crippen LogP contribution in [0.25, 0.3) is 0 Å². The monoisotopic (exact) mass is 331 g/mol. The van der Waals surface area contributed by atoms with E-state index in [1.54, 1.807) is 26.2 Å². The molecule has 2 heterocycles. The molecule has 1 aromatic heterocycles. The second-order valence-corrected chi connectivity index (χ2v) is 6.17. The highest BCUT2D eigenvalue weighted by molar-refractivity contribution is 5.96. The fraction of sp³-hybridized carbons (Fsp3) is 0.500.